The molecule has 8 nitrogen and oxygen atoms in total. The molecule has 0 radical (unpaired) electrons. The van der Waals surface area contributed by atoms with Crippen molar-refractivity contribution in [1.82, 2.24) is 14.8 Å². The van der Waals surface area contributed by atoms with Crippen LogP contribution in [0.2, 0.25) is 0 Å². The molecule has 4 rings (SSSR count). The van der Waals surface area contributed by atoms with Crippen LogP contribution in [0, 0.1) is 0 Å². The zero-order valence-corrected chi connectivity index (χ0v) is 19.8. The number of β-amino-alcohol motifs (C(OH)–C–C–N with tert-alkyl or cyclic N) is 1. The topological polar surface area (TPSA) is 70.5 Å². The Labute approximate surface area is 196 Å². The Hall–Kier alpha value is -2.39. The summed E-state index contributed by atoms with van der Waals surface area (Å²) >= 11 is 0. The molecule has 1 aromatic heterocycles. The highest BCUT2D eigenvalue weighted by Crippen LogP contribution is 2.30. The van der Waals surface area contributed by atoms with E-state index in [2.05, 4.69) is 25.8 Å². The number of methoxy groups -OCH3 is 1. The fourth-order valence-electron chi connectivity index (χ4n) is 4.63. The van der Waals surface area contributed by atoms with Crippen LogP contribution >= 0.6 is 0 Å². The number of hydrogen-bond acceptors (Lipinski definition) is 8. The van der Waals surface area contributed by atoms with E-state index in [9.17, 15) is 5.11 Å². The number of ether oxygens (including phenoxy) is 3. The van der Waals surface area contributed by atoms with Gasteiger partial charge in [0.1, 0.15) is 12.4 Å². The van der Waals surface area contributed by atoms with Gasteiger partial charge in [-0.3, -0.25) is 9.80 Å². The van der Waals surface area contributed by atoms with Crippen molar-refractivity contribution in [2.75, 3.05) is 78.1 Å². The summed E-state index contributed by atoms with van der Waals surface area (Å²) in [5.74, 6) is 2.42. The van der Waals surface area contributed by atoms with E-state index >= 15 is 0 Å². The lowest BCUT2D eigenvalue weighted by Gasteiger charge is -2.29. The number of aromatic nitrogens is 1. The second-order valence-electron chi connectivity index (χ2n) is 9.04. The minimum absolute atomic E-state index is 0.591. The highest BCUT2D eigenvalue weighted by Gasteiger charge is 2.37. The van der Waals surface area contributed by atoms with Crippen molar-refractivity contribution < 1.29 is 19.3 Å². The Bertz CT molecular complexity index is 878. The van der Waals surface area contributed by atoms with E-state index in [-0.39, 0.29) is 0 Å². The number of aliphatic hydroxyl groups is 1. The van der Waals surface area contributed by atoms with Crippen molar-refractivity contribution in [2.45, 2.75) is 18.6 Å². The standard InChI is InChI=1S/C25H36N4O4/c1-27(19-25(30)8-10-29(20-25)24-5-3-4-9-26-24)18-21-6-7-22(23(17-21)31-2)33-16-13-28-11-14-32-15-12-28/h3-7,9,17,30H,8,10-16,18-20H2,1-2H3/t25-/m1/s1. The first kappa shape index (κ1) is 23.8. The number of benzene rings is 1. The minimum Gasteiger partial charge on any atom is -0.493 e. The summed E-state index contributed by atoms with van der Waals surface area (Å²) in [5.41, 5.74) is 0.372. The van der Waals surface area contributed by atoms with Gasteiger partial charge in [-0.15, -0.1) is 0 Å². The molecule has 2 aliphatic rings. The quantitative estimate of drug-likeness (QED) is 0.581. The Morgan fingerprint density at radius 3 is 2.76 bits per heavy atom. The first-order valence-electron chi connectivity index (χ1n) is 11.7. The van der Waals surface area contributed by atoms with Gasteiger partial charge in [0.2, 0.25) is 0 Å². The van der Waals surface area contributed by atoms with Crippen LogP contribution < -0.4 is 14.4 Å². The Kier molecular flexibility index (Phi) is 8.03. The molecule has 2 aliphatic heterocycles. The van der Waals surface area contributed by atoms with Gasteiger partial charge in [0.15, 0.2) is 11.5 Å². The molecule has 0 spiro atoms. The summed E-state index contributed by atoms with van der Waals surface area (Å²) in [7, 11) is 3.71. The van der Waals surface area contributed by atoms with Gasteiger partial charge in [0, 0.05) is 52.0 Å². The van der Waals surface area contributed by atoms with E-state index in [4.69, 9.17) is 14.2 Å². The fraction of sp³-hybridized carbons (Fsp3) is 0.560. The van der Waals surface area contributed by atoms with Crippen LogP contribution in [0.25, 0.3) is 0 Å². The van der Waals surface area contributed by atoms with Gasteiger partial charge in [0.05, 0.1) is 25.9 Å². The second kappa shape index (κ2) is 11.2. The zero-order chi connectivity index (χ0) is 23.1. The predicted octanol–water partition coefficient (Wildman–Crippen LogP) is 1.87. The lowest BCUT2D eigenvalue weighted by molar-refractivity contribution is 0.0279. The summed E-state index contributed by atoms with van der Waals surface area (Å²) in [6.45, 7) is 7.71. The minimum atomic E-state index is -0.751. The van der Waals surface area contributed by atoms with Crippen LogP contribution in [0.15, 0.2) is 42.6 Å². The van der Waals surface area contributed by atoms with Gasteiger partial charge in [-0.1, -0.05) is 12.1 Å². The average Bonchev–Trinajstić information content (AvgIpc) is 3.22. The third-order valence-electron chi connectivity index (χ3n) is 6.32. The smallest absolute Gasteiger partial charge is 0.161 e. The highest BCUT2D eigenvalue weighted by molar-refractivity contribution is 5.43. The molecular formula is C25H36N4O4. The molecule has 33 heavy (non-hydrogen) atoms. The van der Waals surface area contributed by atoms with Crippen LogP contribution in [0.4, 0.5) is 5.82 Å². The third-order valence-corrected chi connectivity index (χ3v) is 6.32. The van der Waals surface area contributed by atoms with Crippen molar-refractivity contribution in [2.24, 2.45) is 0 Å². The summed E-state index contributed by atoms with van der Waals surface area (Å²) in [6, 6.07) is 12.0. The van der Waals surface area contributed by atoms with Crippen molar-refractivity contribution in [3.05, 3.63) is 48.2 Å². The molecule has 1 N–H and O–H groups in total. The Morgan fingerprint density at radius 2 is 2.00 bits per heavy atom. The van der Waals surface area contributed by atoms with Gasteiger partial charge >= 0.3 is 0 Å². The Morgan fingerprint density at radius 1 is 1.15 bits per heavy atom. The first-order chi connectivity index (χ1) is 16.0. The maximum absolute atomic E-state index is 11.2. The SMILES string of the molecule is COc1cc(CN(C)C[C@]2(O)CCN(c3ccccn3)C2)ccc1OCCN1CCOCC1. The van der Waals surface area contributed by atoms with Crippen LogP contribution in [0.5, 0.6) is 11.5 Å². The van der Waals surface area contributed by atoms with Crippen molar-refractivity contribution in [1.29, 1.82) is 0 Å². The molecule has 180 valence electrons. The van der Waals surface area contributed by atoms with Crippen molar-refractivity contribution >= 4 is 5.82 Å². The van der Waals surface area contributed by atoms with Crippen molar-refractivity contribution in [3.63, 3.8) is 0 Å². The van der Waals surface area contributed by atoms with Gasteiger partial charge in [-0.25, -0.2) is 4.98 Å². The molecule has 2 fully saturated rings. The summed E-state index contributed by atoms with van der Waals surface area (Å²) in [5, 5.41) is 11.2. The number of anilines is 1. The molecule has 2 saturated heterocycles. The normalized spacial score (nSPS) is 21.5. The van der Waals surface area contributed by atoms with Gasteiger partial charge in [-0.2, -0.15) is 0 Å². The van der Waals surface area contributed by atoms with Crippen LogP contribution in [-0.4, -0.2) is 98.7 Å². The number of nitrogens with zero attached hydrogens (tertiary/aromatic N) is 4. The van der Waals surface area contributed by atoms with E-state index < -0.39 is 5.60 Å². The van der Waals surface area contributed by atoms with E-state index in [1.54, 1.807) is 13.3 Å². The number of rotatable bonds is 10. The molecular weight excluding hydrogens is 420 g/mol. The van der Waals surface area contributed by atoms with E-state index in [0.717, 1.165) is 75.2 Å². The molecule has 1 atom stereocenters. The Balaban J connectivity index is 1.28. The predicted molar refractivity (Wildman–Crippen MR) is 128 cm³/mol. The second-order valence-corrected chi connectivity index (χ2v) is 9.04. The van der Waals surface area contributed by atoms with Gasteiger partial charge in [-0.05, 0) is 43.3 Å². The largest absolute Gasteiger partial charge is 0.493 e. The molecule has 0 bridgehead atoms. The first-order valence-corrected chi connectivity index (χ1v) is 11.7. The lowest BCUT2D eigenvalue weighted by atomic mass is 10.0. The lowest BCUT2D eigenvalue weighted by Crippen LogP contribution is -2.43. The number of morpholine rings is 1. The molecule has 8 heteroatoms. The van der Waals surface area contributed by atoms with E-state index in [0.29, 0.717) is 19.7 Å². The molecule has 0 aliphatic carbocycles. The fourth-order valence-corrected chi connectivity index (χ4v) is 4.63. The van der Waals surface area contributed by atoms with Crippen LogP contribution in [0.1, 0.15) is 12.0 Å². The third kappa shape index (κ3) is 6.57. The summed E-state index contributed by atoms with van der Waals surface area (Å²) in [4.78, 5) is 11.1. The van der Waals surface area contributed by atoms with E-state index in [1.165, 1.54) is 0 Å². The van der Waals surface area contributed by atoms with Crippen molar-refractivity contribution in [3.8, 4) is 11.5 Å². The molecule has 0 saturated carbocycles. The molecule has 2 aromatic rings. The molecule has 0 unspecified atom stereocenters. The molecule has 1 aromatic carbocycles. The highest BCUT2D eigenvalue weighted by atomic mass is 16.5. The van der Waals surface area contributed by atoms with Gasteiger partial charge in [0.25, 0.3) is 0 Å². The van der Waals surface area contributed by atoms with Crippen LogP contribution in [0.3, 0.4) is 0 Å². The number of pyridine rings is 1. The number of hydrogen-bond donors (Lipinski definition) is 1. The summed E-state index contributed by atoms with van der Waals surface area (Å²) < 4.78 is 17.0. The molecule has 0 amide bonds. The van der Waals surface area contributed by atoms with E-state index in [1.807, 2.05) is 37.4 Å². The zero-order valence-electron chi connectivity index (χ0n) is 19.8. The molecule has 3 heterocycles. The van der Waals surface area contributed by atoms with Crippen LogP contribution in [-0.2, 0) is 11.3 Å². The maximum Gasteiger partial charge on any atom is 0.161 e. The van der Waals surface area contributed by atoms with Gasteiger partial charge < -0.3 is 24.2 Å². The maximum atomic E-state index is 11.2. The summed E-state index contributed by atoms with van der Waals surface area (Å²) in [6.07, 6.45) is 2.52. The monoisotopic (exact) mass is 456 g/mol. The number of likely N-dealkylation sites (N-methyl/N-ethyl adjacent to an activating group) is 1. The average molecular weight is 457 g/mol.